The third-order valence-electron chi connectivity index (χ3n) is 2.45. The number of hydrogen-bond acceptors (Lipinski definition) is 1. The highest BCUT2D eigenvalue weighted by Gasteiger charge is 2.01. The Labute approximate surface area is 92.9 Å². The van der Waals surface area contributed by atoms with Crippen LogP contribution in [0.2, 0.25) is 0 Å². The molecule has 0 radical (unpaired) electrons. The Bertz CT molecular complexity index is 297. The van der Waals surface area contributed by atoms with Crippen LogP contribution in [0.4, 0.5) is 0 Å². The second-order valence-corrected chi connectivity index (χ2v) is 3.65. The summed E-state index contributed by atoms with van der Waals surface area (Å²) in [5.74, 6) is 2.78. The molecule has 0 amide bonds. The summed E-state index contributed by atoms with van der Waals surface area (Å²) in [6.07, 6.45) is 8.74. The van der Waals surface area contributed by atoms with Gasteiger partial charge in [-0.25, -0.2) is 0 Å². The predicted molar refractivity (Wildman–Crippen MR) is 65.7 cm³/mol. The van der Waals surface area contributed by atoms with E-state index in [4.69, 9.17) is 6.42 Å². The lowest BCUT2D eigenvalue weighted by molar-refractivity contribution is 0.566. The second kappa shape index (κ2) is 7.09. The molecule has 1 nitrogen and oxygen atoms in total. The molecule has 1 aromatic rings. The summed E-state index contributed by atoms with van der Waals surface area (Å²) >= 11 is 0. The second-order valence-electron chi connectivity index (χ2n) is 3.65. The van der Waals surface area contributed by atoms with E-state index < -0.39 is 0 Å². The molecule has 1 atom stereocenters. The largest absolute Gasteiger partial charge is 0.304 e. The van der Waals surface area contributed by atoms with E-state index in [9.17, 15) is 0 Å². The molecule has 0 saturated heterocycles. The van der Waals surface area contributed by atoms with Crippen LogP contribution in [0.15, 0.2) is 30.3 Å². The Morgan fingerprint density at radius 3 is 2.67 bits per heavy atom. The zero-order valence-corrected chi connectivity index (χ0v) is 9.37. The number of rotatable bonds is 6. The minimum atomic E-state index is 0.235. The lowest BCUT2D eigenvalue weighted by Crippen LogP contribution is -2.27. The van der Waals surface area contributed by atoms with Gasteiger partial charge in [0.05, 0.1) is 6.04 Å². The fourth-order valence-electron chi connectivity index (χ4n) is 1.65. The number of aryl methyl sites for hydroxylation is 1. The van der Waals surface area contributed by atoms with Crippen LogP contribution in [0.1, 0.15) is 25.3 Å². The van der Waals surface area contributed by atoms with E-state index in [0.29, 0.717) is 0 Å². The molecule has 1 unspecified atom stereocenters. The zero-order chi connectivity index (χ0) is 10.9. The first kappa shape index (κ1) is 11.8. The first-order chi connectivity index (χ1) is 7.36. The molecule has 80 valence electrons. The molecule has 15 heavy (non-hydrogen) atoms. The molecule has 1 N–H and O–H groups in total. The maximum absolute atomic E-state index is 5.43. The highest BCUT2D eigenvalue weighted by molar-refractivity contribution is 5.14. The van der Waals surface area contributed by atoms with Crippen molar-refractivity contribution in [2.24, 2.45) is 0 Å². The fraction of sp³-hybridized carbons (Fsp3) is 0.429. The minimum absolute atomic E-state index is 0.235. The van der Waals surface area contributed by atoms with Crippen molar-refractivity contribution in [1.29, 1.82) is 0 Å². The van der Waals surface area contributed by atoms with Gasteiger partial charge in [-0.1, -0.05) is 43.2 Å². The van der Waals surface area contributed by atoms with Crippen LogP contribution in [-0.4, -0.2) is 12.6 Å². The quantitative estimate of drug-likeness (QED) is 0.698. The predicted octanol–water partition coefficient (Wildman–Crippen LogP) is 2.62. The average molecular weight is 201 g/mol. The van der Waals surface area contributed by atoms with Crippen LogP contribution < -0.4 is 5.32 Å². The number of hydrogen-bond donors (Lipinski definition) is 1. The number of nitrogens with one attached hydrogen (secondary N) is 1. The van der Waals surface area contributed by atoms with Crippen molar-refractivity contribution < 1.29 is 0 Å². The SMILES string of the molecule is C#CC(CCCc1ccccc1)NCC. The van der Waals surface area contributed by atoms with E-state index >= 15 is 0 Å². The number of terminal acetylenes is 1. The fourth-order valence-corrected chi connectivity index (χ4v) is 1.65. The molecule has 0 spiro atoms. The molecule has 0 bridgehead atoms. The van der Waals surface area contributed by atoms with Gasteiger partial charge >= 0.3 is 0 Å². The number of benzene rings is 1. The Kier molecular flexibility index (Phi) is 5.58. The van der Waals surface area contributed by atoms with Gasteiger partial charge in [-0.2, -0.15) is 0 Å². The topological polar surface area (TPSA) is 12.0 Å². The van der Waals surface area contributed by atoms with E-state index in [-0.39, 0.29) is 6.04 Å². The highest BCUT2D eigenvalue weighted by Crippen LogP contribution is 2.06. The van der Waals surface area contributed by atoms with Crippen LogP contribution >= 0.6 is 0 Å². The smallest absolute Gasteiger partial charge is 0.0686 e. The Balaban J connectivity index is 2.24. The van der Waals surface area contributed by atoms with Gasteiger partial charge in [-0.3, -0.25) is 0 Å². The van der Waals surface area contributed by atoms with Crippen molar-refractivity contribution >= 4 is 0 Å². The first-order valence-corrected chi connectivity index (χ1v) is 5.60. The molecule has 1 aromatic carbocycles. The molecule has 0 aromatic heterocycles. The van der Waals surface area contributed by atoms with Crippen molar-refractivity contribution in [3.63, 3.8) is 0 Å². The van der Waals surface area contributed by atoms with Crippen LogP contribution in [0.5, 0.6) is 0 Å². The third kappa shape index (κ3) is 4.67. The molecule has 1 heteroatoms. The van der Waals surface area contributed by atoms with Crippen LogP contribution in [0.25, 0.3) is 0 Å². The minimum Gasteiger partial charge on any atom is -0.304 e. The molecule has 1 rings (SSSR count). The molecule has 0 fully saturated rings. The average Bonchev–Trinajstić information content (AvgIpc) is 2.29. The van der Waals surface area contributed by atoms with Crippen molar-refractivity contribution in [3.8, 4) is 12.3 Å². The summed E-state index contributed by atoms with van der Waals surface area (Å²) in [7, 11) is 0. The Morgan fingerprint density at radius 2 is 2.07 bits per heavy atom. The van der Waals surface area contributed by atoms with Crippen molar-refractivity contribution in [2.45, 2.75) is 32.2 Å². The molecule has 0 heterocycles. The Hall–Kier alpha value is -1.26. The summed E-state index contributed by atoms with van der Waals surface area (Å²) in [6, 6.07) is 10.8. The molecule has 0 aliphatic rings. The first-order valence-electron chi connectivity index (χ1n) is 5.60. The standard InChI is InChI=1S/C14H19N/c1-3-14(15-4-2)12-8-11-13-9-6-5-7-10-13/h1,5-7,9-10,14-15H,4,8,11-12H2,2H3. The summed E-state index contributed by atoms with van der Waals surface area (Å²) in [5.41, 5.74) is 1.39. The maximum atomic E-state index is 5.43. The zero-order valence-electron chi connectivity index (χ0n) is 9.37. The van der Waals surface area contributed by atoms with E-state index in [0.717, 1.165) is 25.8 Å². The Morgan fingerprint density at radius 1 is 1.33 bits per heavy atom. The van der Waals surface area contributed by atoms with Crippen molar-refractivity contribution in [1.82, 2.24) is 5.32 Å². The van der Waals surface area contributed by atoms with Crippen molar-refractivity contribution in [2.75, 3.05) is 6.54 Å². The summed E-state index contributed by atoms with van der Waals surface area (Å²) in [5, 5.41) is 3.28. The van der Waals surface area contributed by atoms with E-state index in [2.05, 4.69) is 42.4 Å². The normalized spacial score (nSPS) is 12.0. The van der Waals surface area contributed by atoms with Crippen LogP contribution in [0, 0.1) is 12.3 Å². The molecule has 0 aliphatic carbocycles. The van der Waals surface area contributed by atoms with Gasteiger partial charge in [0.25, 0.3) is 0 Å². The van der Waals surface area contributed by atoms with Crippen molar-refractivity contribution in [3.05, 3.63) is 35.9 Å². The monoisotopic (exact) mass is 201 g/mol. The van der Waals surface area contributed by atoms with Gasteiger partial charge in [0.15, 0.2) is 0 Å². The van der Waals surface area contributed by atoms with Crippen LogP contribution in [-0.2, 0) is 6.42 Å². The van der Waals surface area contributed by atoms with E-state index in [1.807, 2.05) is 6.07 Å². The molecule has 0 saturated carbocycles. The summed E-state index contributed by atoms with van der Waals surface area (Å²) < 4.78 is 0. The van der Waals surface area contributed by atoms with Gasteiger partial charge < -0.3 is 5.32 Å². The van der Waals surface area contributed by atoms with Gasteiger partial charge in [-0.15, -0.1) is 6.42 Å². The lowest BCUT2D eigenvalue weighted by Gasteiger charge is -2.10. The van der Waals surface area contributed by atoms with Gasteiger partial charge in [0.2, 0.25) is 0 Å². The highest BCUT2D eigenvalue weighted by atomic mass is 14.9. The molecular formula is C14H19N. The maximum Gasteiger partial charge on any atom is 0.0686 e. The lowest BCUT2D eigenvalue weighted by atomic mass is 10.1. The van der Waals surface area contributed by atoms with Gasteiger partial charge in [0, 0.05) is 0 Å². The van der Waals surface area contributed by atoms with Gasteiger partial charge in [0.1, 0.15) is 0 Å². The van der Waals surface area contributed by atoms with Gasteiger partial charge in [-0.05, 0) is 31.4 Å². The summed E-state index contributed by atoms with van der Waals surface area (Å²) in [6.45, 7) is 3.03. The molecular weight excluding hydrogens is 182 g/mol. The van der Waals surface area contributed by atoms with Crippen LogP contribution in [0.3, 0.4) is 0 Å². The molecule has 0 aliphatic heterocycles. The van der Waals surface area contributed by atoms with E-state index in [1.165, 1.54) is 5.56 Å². The van der Waals surface area contributed by atoms with E-state index in [1.54, 1.807) is 0 Å². The third-order valence-corrected chi connectivity index (χ3v) is 2.45. The summed E-state index contributed by atoms with van der Waals surface area (Å²) in [4.78, 5) is 0.